The molecule has 0 bridgehead atoms. The highest BCUT2D eigenvalue weighted by Crippen LogP contribution is 2.42. The number of hydrogen-bond acceptors (Lipinski definition) is 4. The van der Waals surface area contributed by atoms with Crippen molar-refractivity contribution in [2.45, 2.75) is 32.6 Å². The molecule has 0 spiro atoms. The molecule has 0 radical (unpaired) electrons. The molecule has 0 saturated heterocycles. The van der Waals surface area contributed by atoms with Gasteiger partial charge in [-0.3, -0.25) is 9.13 Å². The van der Waals surface area contributed by atoms with Gasteiger partial charge in [0.15, 0.2) is 0 Å². The molecule has 0 fully saturated rings. The molecule has 6 aromatic heterocycles. The van der Waals surface area contributed by atoms with Crippen molar-refractivity contribution in [3.8, 4) is 67.9 Å². The second-order valence-electron chi connectivity index (χ2n) is 18.7. The van der Waals surface area contributed by atoms with Gasteiger partial charge in [-0.1, -0.05) is 172 Å². The summed E-state index contributed by atoms with van der Waals surface area (Å²) < 4.78 is 4.66. The minimum atomic E-state index is 0.453. The van der Waals surface area contributed by atoms with Crippen molar-refractivity contribution in [2.75, 3.05) is 0 Å². The van der Waals surface area contributed by atoms with Gasteiger partial charge >= 0.3 is 0 Å². The lowest BCUT2D eigenvalue weighted by Gasteiger charge is -2.14. The molecular weight excluding hydrogens is 865 g/mol. The minimum Gasteiger partial charge on any atom is -0.294 e. The van der Waals surface area contributed by atoms with Gasteiger partial charge in [-0.15, -0.1) is 0 Å². The Bertz CT molecular complexity index is 4060. The second-order valence-corrected chi connectivity index (χ2v) is 18.7. The summed E-state index contributed by atoms with van der Waals surface area (Å²) in [5.41, 5.74) is 17.6. The van der Waals surface area contributed by atoms with Gasteiger partial charge in [0.1, 0.15) is 11.6 Å². The third-order valence-electron chi connectivity index (χ3n) is 14.0. The summed E-state index contributed by atoms with van der Waals surface area (Å²) >= 11 is 0. The van der Waals surface area contributed by atoms with Gasteiger partial charge in [-0.2, -0.15) is 0 Å². The van der Waals surface area contributed by atoms with Crippen molar-refractivity contribution >= 4 is 49.2 Å². The lowest BCUT2D eigenvalue weighted by Crippen LogP contribution is -2.01. The highest BCUT2D eigenvalue weighted by atomic mass is 15.1. The average molecular weight is 913 g/mol. The maximum absolute atomic E-state index is 5.51. The Labute approximate surface area is 412 Å². The van der Waals surface area contributed by atoms with E-state index in [1.165, 1.54) is 11.1 Å². The van der Waals surface area contributed by atoms with Crippen molar-refractivity contribution in [1.29, 1.82) is 0 Å². The van der Waals surface area contributed by atoms with E-state index in [1.54, 1.807) is 0 Å². The molecule has 0 unspecified atom stereocenters. The van der Waals surface area contributed by atoms with Crippen LogP contribution in [0.15, 0.2) is 224 Å². The normalized spacial score (nSPS) is 12.7. The van der Waals surface area contributed by atoms with E-state index in [0.29, 0.717) is 5.92 Å². The Balaban J connectivity index is 0.992. The third-order valence-corrected chi connectivity index (χ3v) is 14.0. The zero-order chi connectivity index (χ0) is 47.4. The van der Waals surface area contributed by atoms with Crippen LogP contribution < -0.4 is 0 Å². The fraction of sp³-hybridized carbons (Fsp3) is 0.0769. The SMILES string of the molecule is CC(C)c1ccc(-c2cc(-c3ccccc3)nc(-c3cccc(-n4c5ccccc5c5c4ccc4c6ccccc6n(-c6cccc(-c7cc(-c8ccccc8)cc(C8=CC=CCC8)n7)n6)c45)n3)c2)cc1. The number of para-hydroxylation sites is 2. The molecule has 0 N–H and O–H groups in total. The molecule has 0 aliphatic heterocycles. The summed E-state index contributed by atoms with van der Waals surface area (Å²) in [6.07, 6.45) is 8.51. The molecule has 0 amide bonds. The highest BCUT2D eigenvalue weighted by Gasteiger charge is 2.23. The van der Waals surface area contributed by atoms with E-state index in [1.807, 2.05) is 6.07 Å². The topological polar surface area (TPSA) is 61.4 Å². The first-order valence-electron chi connectivity index (χ1n) is 24.5. The first kappa shape index (κ1) is 42.1. The quantitative estimate of drug-likeness (QED) is 0.145. The Morgan fingerprint density at radius 2 is 0.958 bits per heavy atom. The largest absolute Gasteiger partial charge is 0.294 e. The van der Waals surface area contributed by atoms with Crippen molar-refractivity contribution < 1.29 is 0 Å². The molecule has 1 aliphatic rings. The van der Waals surface area contributed by atoms with Crippen molar-refractivity contribution in [2.24, 2.45) is 0 Å². The van der Waals surface area contributed by atoms with Crippen LogP contribution >= 0.6 is 0 Å². The van der Waals surface area contributed by atoms with Crippen LogP contribution in [0.5, 0.6) is 0 Å². The Morgan fingerprint density at radius 1 is 0.394 bits per heavy atom. The van der Waals surface area contributed by atoms with Gasteiger partial charge < -0.3 is 0 Å². The zero-order valence-electron chi connectivity index (χ0n) is 39.5. The third kappa shape index (κ3) is 7.52. The number of pyridine rings is 4. The number of hydrogen-bond donors (Lipinski definition) is 0. The standard InChI is InChI=1S/C65H48N6/c1-42(2)43-32-34-45(35-33-43)49-39-56(47-22-10-5-11-23-47)67-58(41-49)53-26-16-30-62(68-53)70-60-29-15-13-25-52(60)64-61(70)37-36-51-50-24-12-14-28-59(50)71(65(51)64)63-31-17-27-54(69-63)57-40-48(44-18-6-3-7-19-44)38-55(66-57)46-20-8-4-9-21-46/h3-8,10-20,22-42H,9,21H2,1-2H3. The number of nitrogens with zero attached hydrogens (tertiary/aromatic N) is 6. The number of fused-ring (bicyclic) bond motifs is 7. The highest BCUT2D eigenvalue weighted by molar-refractivity contribution is 6.26. The van der Waals surface area contributed by atoms with E-state index in [2.05, 4.69) is 241 Å². The van der Waals surface area contributed by atoms with Gasteiger partial charge in [0, 0.05) is 27.1 Å². The Kier molecular flexibility index (Phi) is 10.4. The maximum atomic E-state index is 5.51. The van der Waals surface area contributed by atoms with Crippen LogP contribution in [-0.2, 0) is 0 Å². The van der Waals surface area contributed by atoms with Crippen LogP contribution in [-0.4, -0.2) is 29.1 Å². The summed E-state index contributed by atoms with van der Waals surface area (Å²) in [7, 11) is 0. The fourth-order valence-corrected chi connectivity index (χ4v) is 10.5. The molecule has 1 aliphatic carbocycles. The molecule has 6 aromatic carbocycles. The van der Waals surface area contributed by atoms with Crippen LogP contribution in [0.2, 0.25) is 0 Å². The van der Waals surface area contributed by atoms with E-state index in [4.69, 9.17) is 19.9 Å². The van der Waals surface area contributed by atoms with Crippen LogP contribution in [0.25, 0.3) is 117 Å². The van der Waals surface area contributed by atoms with Crippen LogP contribution in [0.1, 0.15) is 43.9 Å². The van der Waals surface area contributed by atoms with Crippen molar-refractivity contribution in [3.63, 3.8) is 0 Å². The van der Waals surface area contributed by atoms with Gasteiger partial charge in [-0.25, -0.2) is 19.9 Å². The first-order chi connectivity index (χ1) is 35.0. The first-order valence-corrected chi connectivity index (χ1v) is 24.5. The molecule has 6 nitrogen and oxygen atoms in total. The van der Waals surface area contributed by atoms with Gasteiger partial charge in [0.25, 0.3) is 0 Å². The number of rotatable bonds is 9. The van der Waals surface area contributed by atoms with E-state index in [0.717, 1.165) is 130 Å². The predicted molar refractivity (Wildman–Crippen MR) is 294 cm³/mol. The molecule has 13 rings (SSSR count). The smallest absolute Gasteiger partial charge is 0.138 e. The van der Waals surface area contributed by atoms with Gasteiger partial charge in [0.2, 0.25) is 0 Å². The summed E-state index contributed by atoms with van der Waals surface area (Å²) in [6, 6.07) is 73.2. The number of aromatic nitrogens is 6. The number of allylic oxidation sites excluding steroid dienone is 4. The summed E-state index contributed by atoms with van der Waals surface area (Å²) in [6.45, 7) is 4.46. The van der Waals surface area contributed by atoms with E-state index in [-0.39, 0.29) is 0 Å². The van der Waals surface area contributed by atoms with E-state index in [9.17, 15) is 0 Å². The molecule has 6 heteroatoms. The van der Waals surface area contributed by atoms with Gasteiger partial charge in [0.05, 0.1) is 56.2 Å². The molecule has 0 atom stereocenters. The summed E-state index contributed by atoms with van der Waals surface area (Å²) in [5, 5.41) is 4.59. The molecule has 0 saturated carbocycles. The monoisotopic (exact) mass is 912 g/mol. The van der Waals surface area contributed by atoms with Crippen molar-refractivity contribution in [1.82, 2.24) is 29.1 Å². The Morgan fingerprint density at radius 3 is 1.62 bits per heavy atom. The van der Waals surface area contributed by atoms with Crippen LogP contribution in [0.4, 0.5) is 0 Å². The average Bonchev–Trinajstić information content (AvgIpc) is 3.97. The minimum absolute atomic E-state index is 0.453. The second kappa shape index (κ2) is 17.5. The zero-order valence-corrected chi connectivity index (χ0v) is 39.5. The van der Waals surface area contributed by atoms with Crippen LogP contribution in [0, 0.1) is 0 Å². The lowest BCUT2D eigenvalue weighted by atomic mass is 9.97. The van der Waals surface area contributed by atoms with Crippen molar-refractivity contribution in [3.05, 3.63) is 236 Å². The fourth-order valence-electron chi connectivity index (χ4n) is 10.5. The Hall–Kier alpha value is -9.00. The molecule has 338 valence electrons. The lowest BCUT2D eigenvalue weighted by molar-refractivity contribution is 0.867. The molecule has 6 heterocycles. The summed E-state index contributed by atoms with van der Waals surface area (Å²) in [4.78, 5) is 21.6. The predicted octanol–water partition coefficient (Wildman–Crippen LogP) is 16.7. The molecule has 71 heavy (non-hydrogen) atoms. The van der Waals surface area contributed by atoms with E-state index >= 15 is 0 Å². The molecular formula is C65H48N6. The van der Waals surface area contributed by atoms with Gasteiger partial charge in [-0.05, 0) is 119 Å². The molecule has 12 aromatic rings. The maximum Gasteiger partial charge on any atom is 0.138 e. The number of benzene rings is 6. The van der Waals surface area contributed by atoms with E-state index < -0.39 is 0 Å². The van der Waals surface area contributed by atoms with Crippen LogP contribution in [0.3, 0.4) is 0 Å². The summed E-state index contributed by atoms with van der Waals surface area (Å²) in [5.74, 6) is 2.09.